The van der Waals surface area contributed by atoms with E-state index in [9.17, 15) is 13.9 Å². The number of hydrogen-bond donors (Lipinski definition) is 2. The number of anilines is 1. The Kier molecular flexibility index (Phi) is 6.32. The van der Waals surface area contributed by atoms with Gasteiger partial charge in [-0.2, -0.15) is 8.78 Å². The van der Waals surface area contributed by atoms with Crippen LogP contribution in [0.2, 0.25) is 0 Å². The molecule has 0 radical (unpaired) electrons. The first-order valence-electron chi connectivity index (χ1n) is 9.93. The number of phenolic OH excluding ortho intramolecular Hbond substituents is 1. The van der Waals surface area contributed by atoms with E-state index in [1.165, 1.54) is 23.5 Å². The number of allylic oxidation sites excluding steroid dienone is 2. The molecule has 2 N–H and O–H groups in total. The Hall–Kier alpha value is -3.52. The van der Waals surface area contributed by atoms with Crippen LogP contribution in [0.15, 0.2) is 66.2 Å². The van der Waals surface area contributed by atoms with E-state index in [2.05, 4.69) is 20.0 Å². The molecule has 2 heterocycles. The molecule has 1 unspecified atom stereocenters. The molecular weight excluding hydrogens is 432 g/mol. The van der Waals surface area contributed by atoms with Crippen LogP contribution in [0, 0.1) is 0 Å². The topological polar surface area (TPSA) is 67.3 Å². The summed E-state index contributed by atoms with van der Waals surface area (Å²) < 4.78 is 29.6. The van der Waals surface area contributed by atoms with Crippen molar-refractivity contribution in [1.82, 2.24) is 9.97 Å². The molecule has 32 heavy (non-hydrogen) atoms. The molecule has 4 aromatic rings. The van der Waals surface area contributed by atoms with Gasteiger partial charge in [-0.05, 0) is 43.2 Å². The first kappa shape index (κ1) is 21.7. The second-order valence-electron chi connectivity index (χ2n) is 7.11. The number of phenols is 1. The number of hydrogen-bond acceptors (Lipinski definition) is 6. The van der Waals surface area contributed by atoms with E-state index in [4.69, 9.17) is 0 Å². The normalized spacial score (nSPS) is 12.8. The summed E-state index contributed by atoms with van der Waals surface area (Å²) in [5.41, 5.74) is 3.75. The summed E-state index contributed by atoms with van der Waals surface area (Å²) in [4.78, 5) is 8.95. The van der Waals surface area contributed by atoms with Crippen LogP contribution in [-0.2, 0) is 0 Å². The predicted octanol–water partition coefficient (Wildman–Crippen LogP) is 6.62. The van der Waals surface area contributed by atoms with Crippen molar-refractivity contribution >= 4 is 32.9 Å². The number of halogens is 2. The molecule has 2 aromatic heterocycles. The van der Waals surface area contributed by atoms with E-state index < -0.39 is 12.7 Å². The zero-order valence-corrected chi connectivity index (χ0v) is 18.2. The molecule has 4 rings (SSSR count). The summed E-state index contributed by atoms with van der Waals surface area (Å²) in [5.74, 6) is 0.113. The first-order valence-corrected chi connectivity index (χ1v) is 10.8. The number of benzene rings is 2. The highest BCUT2D eigenvalue weighted by Gasteiger charge is 2.21. The number of rotatable bonds is 7. The Bertz CT molecular complexity index is 1260. The summed E-state index contributed by atoms with van der Waals surface area (Å²) in [6.07, 6.45) is 3.61. The third-order valence-electron chi connectivity index (χ3n) is 5.14. The monoisotopic (exact) mass is 453 g/mol. The van der Waals surface area contributed by atoms with Crippen molar-refractivity contribution in [2.45, 2.75) is 26.5 Å². The number of ether oxygens (including phenoxy) is 1. The van der Waals surface area contributed by atoms with Gasteiger partial charge in [0.05, 0.1) is 11.7 Å². The first-order chi connectivity index (χ1) is 15.5. The summed E-state index contributed by atoms with van der Waals surface area (Å²) in [6, 6.07) is 13.2. The van der Waals surface area contributed by atoms with Crippen LogP contribution in [0.5, 0.6) is 11.5 Å². The molecule has 0 aliphatic heterocycles. The highest BCUT2D eigenvalue weighted by molar-refractivity contribution is 7.13. The minimum atomic E-state index is -2.89. The Morgan fingerprint density at radius 2 is 1.94 bits per heavy atom. The van der Waals surface area contributed by atoms with Crippen LogP contribution < -0.4 is 10.1 Å². The molecule has 0 aliphatic rings. The van der Waals surface area contributed by atoms with Crippen molar-refractivity contribution in [2.75, 3.05) is 5.32 Å². The molecule has 164 valence electrons. The molecule has 5 nitrogen and oxygen atoms in total. The van der Waals surface area contributed by atoms with E-state index in [0.717, 1.165) is 22.2 Å². The lowest BCUT2D eigenvalue weighted by molar-refractivity contribution is -0.0498. The van der Waals surface area contributed by atoms with Gasteiger partial charge in [0.2, 0.25) is 0 Å². The second-order valence-corrected chi connectivity index (χ2v) is 7.97. The fourth-order valence-electron chi connectivity index (χ4n) is 3.35. The summed E-state index contributed by atoms with van der Waals surface area (Å²) in [5, 5.41) is 17.8. The van der Waals surface area contributed by atoms with E-state index in [0.29, 0.717) is 16.2 Å². The van der Waals surface area contributed by atoms with Crippen LogP contribution in [0.25, 0.3) is 16.5 Å². The number of nitrogens with zero attached hydrogens (tertiary/aromatic N) is 2. The average Bonchev–Trinajstić information content (AvgIpc) is 3.27. The second kappa shape index (κ2) is 9.32. The van der Waals surface area contributed by atoms with Crippen molar-refractivity contribution in [3.05, 3.63) is 83.0 Å². The Morgan fingerprint density at radius 3 is 2.66 bits per heavy atom. The van der Waals surface area contributed by atoms with Crippen molar-refractivity contribution in [2.24, 2.45) is 0 Å². The van der Waals surface area contributed by atoms with Crippen molar-refractivity contribution in [3.8, 4) is 11.5 Å². The summed E-state index contributed by atoms with van der Waals surface area (Å²) >= 11 is 1.45. The number of aromatic nitrogens is 2. The molecular formula is C24H21F2N3O2S. The smallest absolute Gasteiger partial charge is 0.387 e. The molecule has 8 heteroatoms. The third-order valence-corrected chi connectivity index (χ3v) is 5.91. The SMILES string of the molecule is C/C=C(\C)c1csc(NC(c2ccc(OC(F)F)cc2)c2ccc3cccnc3c2O)n1. The standard InChI is InChI=1S/C24H21F2N3O2S/c1-3-14(2)19-13-32-24(28-19)29-20(16-6-9-17(10-7-16)31-23(25)26)18-11-8-15-5-4-12-27-21(15)22(18)30/h3-13,20,23,30H,1-2H3,(H,28,29)/b14-3+. The average molecular weight is 454 g/mol. The van der Waals surface area contributed by atoms with Crippen molar-refractivity contribution in [1.29, 1.82) is 0 Å². The molecule has 0 spiro atoms. The fraction of sp³-hybridized carbons (Fsp3) is 0.167. The molecule has 2 aromatic carbocycles. The number of nitrogens with one attached hydrogen (secondary N) is 1. The fourth-order valence-corrected chi connectivity index (χ4v) is 4.15. The molecule has 0 saturated heterocycles. The van der Waals surface area contributed by atoms with E-state index in [-0.39, 0.29) is 11.5 Å². The van der Waals surface area contributed by atoms with Gasteiger partial charge in [-0.3, -0.25) is 4.98 Å². The maximum Gasteiger partial charge on any atom is 0.387 e. The number of fused-ring (bicyclic) bond motifs is 1. The lowest BCUT2D eigenvalue weighted by Gasteiger charge is -2.21. The lowest BCUT2D eigenvalue weighted by atomic mass is 9.96. The van der Waals surface area contributed by atoms with Crippen LogP contribution in [0.4, 0.5) is 13.9 Å². The van der Waals surface area contributed by atoms with Crippen molar-refractivity contribution in [3.63, 3.8) is 0 Å². The van der Waals surface area contributed by atoms with Gasteiger partial charge in [0.15, 0.2) is 5.13 Å². The van der Waals surface area contributed by atoms with Crippen LogP contribution in [-0.4, -0.2) is 21.7 Å². The Labute approximate surface area is 188 Å². The van der Waals surface area contributed by atoms with E-state index in [1.807, 2.05) is 43.5 Å². The van der Waals surface area contributed by atoms with Crippen LogP contribution >= 0.6 is 11.3 Å². The minimum Gasteiger partial charge on any atom is -0.505 e. The molecule has 0 bridgehead atoms. The van der Waals surface area contributed by atoms with E-state index >= 15 is 0 Å². The maximum absolute atomic E-state index is 12.5. The van der Waals surface area contributed by atoms with Gasteiger partial charge in [0.25, 0.3) is 0 Å². The summed E-state index contributed by atoms with van der Waals surface area (Å²) in [7, 11) is 0. The molecule has 0 aliphatic carbocycles. The van der Waals surface area contributed by atoms with Crippen LogP contribution in [0.1, 0.15) is 36.7 Å². The van der Waals surface area contributed by atoms with E-state index in [1.54, 1.807) is 24.4 Å². The van der Waals surface area contributed by atoms with Gasteiger partial charge in [-0.25, -0.2) is 4.98 Å². The lowest BCUT2D eigenvalue weighted by Crippen LogP contribution is -2.13. The summed E-state index contributed by atoms with van der Waals surface area (Å²) in [6.45, 7) is 1.04. The Morgan fingerprint density at radius 1 is 1.16 bits per heavy atom. The quantitative estimate of drug-likeness (QED) is 0.329. The minimum absolute atomic E-state index is 0.0509. The van der Waals surface area contributed by atoms with Gasteiger partial charge in [-0.15, -0.1) is 11.3 Å². The molecule has 0 saturated carbocycles. The third kappa shape index (κ3) is 4.55. The zero-order valence-electron chi connectivity index (χ0n) is 17.4. The number of alkyl halides is 2. The zero-order chi connectivity index (χ0) is 22.7. The Balaban J connectivity index is 1.76. The molecule has 0 fully saturated rings. The number of aromatic hydroxyl groups is 1. The van der Waals surface area contributed by atoms with Crippen LogP contribution in [0.3, 0.4) is 0 Å². The number of pyridine rings is 1. The highest BCUT2D eigenvalue weighted by atomic mass is 32.1. The highest BCUT2D eigenvalue weighted by Crippen LogP contribution is 2.37. The van der Waals surface area contributed by atoms with Gasteiger partial charge in [0, 0.05) is 22.5 Å². The van der Waals surface area contributed by atoms with Gasteiger partial charge in [0.1, 0.15) is 17.0 Å². The predicted molar refractivity (Wildman–Crippen MR) is 123 cm³/mol. The molecule has 1 atom stereocenters. The van der Waals surface area contributed by atoms with Gasteiger partial charge < -0.3 is 15.2 Å². The number of thiazole rings is 1. The maximum atomic E-state index is 12.5. The van der Waals surface area contributed by atoms with Gasteiger partial charge in [-0.1, -0.05) is 36.4 Å². The van der Waals surface area contributed by atoms with Gasteiger partial charge >= 0.3 is 6.61 Å². The largest absolute Gasteiger partial charge is 0.505 e. The molecule has 0 amide bonds. The van der Waals surface area contributed by atoms with Crippen molar-refractivity contribution < 1.29 is 18.6 Å².